The Morgan fingerprint density at radius 2 is 1.82 bits per heavy atom. The average Bonchev–Trinajstić information content (AvgIpc) is 2.21. The van der Waals surface area contributed by atoms with Gasteiger partial charge in [0.15, 0.2) is 0 Å². The summed E-state index contributed by atoms with van der Waals surface area (Å²) in [5, 5.41) is 2.33. The molecule has 1 saturated heterocycles. The van der Waals surface area contributed by atoms with E-state index in [4.69, 9.17) is 0 Å². The maximum absolute atomic E-state index is 12.4. The number of hydrogen-bond donors (Lipinski definition) is 1. The molecule has 0 atom stereocenters. The Morgan fingerprint density at radius 1 is 1.24 bits per heavy atom. The monoisotopic (exact) mass is 238 g/mol. The molecule has 2 aliphatic rings. The van der Waals surface area contributed by atoms with Gasteiger partial charge in [-0.25, -0.2) is 4.79 Å². The Labute approximate surface area is 101 Å². The molecular formula is C12H18N2O3. The molecule has 0 aromatic heterocycles. The Bertz CT molecular complexity index is 370. The molecule has 5 nitrogen and oxygen atoms in total. The molecule has 0 aromatic carbocycles. The van der Waals surface area contributed by atoms with Crippen LogP contribution in [0.15, 0.2) is 0 Å². The fourth-order valence-electron chi connectivity index (χ4n) is 2.65. The molecule has 0 aromatic rings. The second kappa shape index (κ2) is 4.13. The van der Waals surface area contributed by atoms with E-state index in [0.717, 1.165) is 19.3 Å². The number of rotatable bonds is 3. The summed E-state index contributed by atoms with van der Waals surface area (Å²) < 4.78 is 0. The molecule has 2 rings (SSSR count). The van der Waals surface area contributed by atoms with Crippen LogP contribution >= 0.6 is 0 Å². The van der Waals surface area contributed by atoms with E-state index in [1.54, 1.807) is 0 Å². The molecule has 1 heterocycles. The first-order chi connectivity index (χ1) is 8.06. The molecule has 94 valence electrons. The van der Waals surface area contributed by atoms with E-state index in [1.807, 2.05) is 13.8 Å². The molecule has 2 fully saturated rings. The number of hydrogen-bond acceptors (Lipinski definition) is 3. The first-order valence-electron chi connectivity index (χ1n) is 6.26. The van der Waals surface area contributed by atoms with Crippen molar-refractivity contribution in [1.29, 1.82) is 0 Å². The Morgan fingerprint density at radius 3 is 2.24 bits per heavy atom. The number of amides is 4. The first kappa shape index (κ1) is 12.1. The normalized spacial score (nSPS) is 23.0. The molecule has 1 saturated carbocycles. The van der Waals surface area contributed by atoms with Gasteiger partial charge >= 0.3 is 6.03 Å². The van der Waals surface area contributed by atoms with Gasteiger partial charge in [0.05, 0.1) is 0 Å². The molecule has 5 heteroatoms. The zero-order chi connectivity index (χ0) is 12.6. The van der Waals surface area contributed by atoms with Crippen molar-refractivity contribution in [3.63, 3.8) is 0 Å². The summed E-state index contributed by atoms with van der Waals surface area (Å²) in [6.45, 7) is 3.89. The summed E-state index contributed by atoms with van der Waals surface area (Å²) in [5.41, 5.74) is -0.934. The molecule has 4 amide bonds. The number of urea groups is 1. The lowest BCUT2D eigenvalue weighted by Crippen LogP contribution is -2.67. The van der Waals surface area contributed by atoms with Crippen LogP contribution in [-0.4, -0.2) is 28.8 Å². The maximum atomic E-state index is 12.4. The van der Waals surface area contributed by atoms with Gasteiger partial charge < -0.3 is 0 Å². The van der Waals surface area contributed by atoms with Crippen LogP contribution in [-0.2, 0) is 9.59 Å². The molecule has 0 bridgehead atoms. The van der Waals surface area contributed by atoms with Crippen LogP contribution in [0.1, 0.15) is 46.0 Å². The number of barbiturate groups is 1. The minimum atomic E-state index is -0.934. The molecule has 0 unspecified atom stereocenters. The standard InChI is InChI=1S/C12H18N2O3/c1-3-8(4-2)14-10(16)12(6-5-7-12)9(15)13-11(14)17/h8H,3-7H2,1-2H3,(H,13,15,17). The van der Waals surface area contributed by atoms with Crippen molar-refractivity contribution in [3.8, 4) is 0 Å². The summed E-state index contributed by atoms with van der Waals surface area (Å²) in [6.07, 6.45) is 3.47. The summed E-state index contributed by atoms with van der Waals surface area (Å²) in [5.74, 6) is -0.688. The third-order valence-electron chi connectivity index (χ3n) is 4.02. The van der Waals surface area contributed by atoms with Crippen molar-refractivity contribution >= 4 is 17.8 Å². The van der Waals surface area contributed by atoms with E-state index in [0.29, 0.717) is 12.8 Å². The maximum Gasteiger partial charge on any atom is 0.331 e. The van der Waals surface area contributed by atoms with Crippen LogP contribution in [0.4, 0.5) is 4.79 Å². The van der Waals surface area contributed by atoms with Gasteiger partial charge in [0.2, 0.25) is 11.8 Å². The van der Waals surface area contributed by atoms with Crippen molar-refractivity contribution in [2.24, 2.45) is 5.41 Å². The molecule has 1 aliphatic carbocycles. The summed E-state index contributed by atoms with van der Waals surface area (Å²) in [6, 6.07) is -0.653. The minimum Gasteiger partial charge on any atom is -0.277 e. The van der Waals surface area contributed by atoms with Crippen molar-refractivity contribution in [1.82, 2.24) is 10.2 Å². The van der Waals surface area contributed by atoms with Gasteiger partial charge in [-0.15, -0.1) is 0 Å². The van der Waals surface area contributed by atoms with Crippen molar-refractivity contribution < 1.29 is 14.4 Å². The average molecular weight is 238 g/mol. The van der Waals surface area contributed by atoms with Gasteiger partial charge in [-0.1, -0.05) is 20.3 Å². The van der Waals surface area contributed by atoms with Crippen molar-refractivity contribution in [3.05, 3.63) is 0 Å². The van der Waals surface area contributed by atoms with E-state index >= 15 is 0 Å². The van der Waals surface area contributed by atoms with Crippen molar-refractivity contribution in [2.75, 3.05) is 0 Å². The zero-order valence-corrected chi connectivity index (χ0v) is 10.3. The van der Waals surface area contributed by atoms with Crippen LogP contribution in [0.5, 0.6) is 0 Å². The zero-order valence-electron chi connectivity index (χ0n) is 10.3. The van der Waals surface area contributed by atoms with Crippen molar-refractivity contribution in [2.45, 2.75) is 52.0 Å². The van der Waals surface area contributed by atoms with E-state index in [-0.39, 0.29) is 11.9 Å². The Balaban J connectivity index is 2.30. The van der Waals surface area contributed by atoms with E-state index < -0.39 is 17.4 Å². The van der Waals surface area contributed by atoms with E-state index in [2.05, 4.69) is 5.32 Å². The molecule has 1 spiro atoms. The molecule has 0 radical (unpaired) electrons. The smallest absolute Gasteiger partial charge is 0.277 e. The SMILES string of the molecule is CCC(CC)N1C(=O)NC(=O)C2(CCC2)C1=O. The highest BCUT2D eigenvalue weighted by molar-refractivity contribution is 6.19. The molecular weight excluding hydrogens is 220 g/mol. The van der Waals surface area contributed by atoms with Gasteiger partial charge in [-0.05, 0) is 25.7 Å². The second-order valence-corrected chi connectivity index (χ2v) is 4.84. The largest absolute Gasteiger partial charge is 0.331 e. The van der Waals surface area contributed by atoms with Gasteiger partial charge in [0.1, 0.15) is 5.41 Å². The highest BCUT2D eigenvalue weighted by Gasteiger charge is 2.58. The Kier molecular flexibility index (Phi) is 2.93. The predicted octanol–water partition coefficient (Wildman–Crippen LogP) is 1.42. The fraction of sp³-hybridized carbons (Fsp3) is 0.750. The third kappa shape index (κ3) is 1.56. The molecule has 17 heavy (non-hydrogen) atoms. The van der Waals surface area contributed by atoms with Crippen LogP contribution in [0.3, 0.4) is 0 Å². The van der Waals surface area contributed by atoms with Crippen LogP contribution in [0, 0.1) is 5.41 Å². The first-order valence-corrected chi connectivity index (χ1v) is 6.26. The lowest BCUT2D eigenvalue weighted by Gasteiger charge is -2.46. The number of nitrogens with zero attached hydrogens (tertiary/aromatic N) is 1. The second-order valence-electron chi connectivity index (χ2n) is 4.84. The third-order valence-corrected chi connectivity index (χ3v) is 4.02. The van der Waals surface area contributed by atoms with Gasteiger partial charge in [0, 0.05) is 6.04 Å². The quantitative estimate of drug-likeness (QED) is 0.756. The highest BCUT2D eigenvalue weighted by Crippen LogP contribution is 2.45. The number of nitrogens with one attached hydrogen (secondary N) is 1. The summed E-state index contributed by atoms with van der Waals surface area (Å²) >= 11 is 0. The summed E-state index contributed by atoms with van der Waals surface area (Å²) in [7, 11) is 0. The van der Waals surface area contributed by atoms with Gasteiger partial charge in [-0.2, -0.15) is 0 Å². The lowest BCUT2D eigenvalue weighted by atomic mass is 9.66. The van der Waals surface area contributed by atoms with Crippen LogP contribution in [0.2, 0.25) is 0 Å². The van der Waals surface area contributed by atoms with Crippen LogP contribution in [0.25, 0.3) is 0 Å². The van der Waals surface area contributed by atoms with E-state index in [1.165, 1.54) is 4.90 Å². The molecule has 1 aliphatic heterocycles. The van der Waals surface area contributed by atoms with E-state index in [9.17, 15) is 14.4 Å². The number of imide groups is 2. The predicted molar refractivity (Wildman–Crippen MR) is 61.0 cm³/mol. The number of carbonyl (C=O) groups is 3. The van der Waals surface area contributed by atoms with Gasteiger partial charge in [0.25, 0.3) is 0 Å². The summed E-state index contributed by atoms with van der Waals surface area (Å²) in [4.78, 5) is 37.2. The highest BCUT2D eigenvalue weighted by atomic mass is 16.2. The topological polar surface area (TPSA) is 66.5 Å². The van der Waals surface area contributed by atoms with Gasteiger partial charge in [-0.3, -0.25) is 19.8 Å². The minimum absolute atomic E-state index is 0.104. The molecule has 1 N–H and O–H groups in total. The Hall–Kier alpha value is -1.39. The fourth-order valence-corrected chi connectivity index (χ4v) is 2.65. The number of carbonyl (C=O) groups excluding carboxylic acids is 3. The lowest BCUT2D eigenvalue weighted by molar-refractivity contribution is -0.159. The van der Waals surface area contributed by atoms with Crippen LogP contribution < -0.4 is 5.32 Å².